The highest BCUT2D eigenvalue weighted by Crippen LogP contribution is 2.36. The van der Waals surface area contributed by atoms with Gasteiger partial charge in [-0.1, -0.05) is 77.8 Å². The molecule has 3 N–H and O–H groups in total. The maximum absolute atomic E-state index is 12.7. The minimum Gasteiger partial charge on any atom is -0.491 e. The van der Waals surface area contributed by atoms with Crippen LogP contribution in [0.5, 0.6) is 5.75 Å². The number of ether oxygens (including phenoxy) is 1. The molecule has 0 fully saturated rings. The van der Waals surface area contributed by atoms with Gasteiger partial charge in [0, 0.05) is 42.4 Å². The Morgan fingerprint density at radius 3 is 2.38 bits per heavy atom. The fourth-order valence-corrected chi connectivity index (χ4v) is 7.29. The Labute approximate surface area is 333 Å². The number of benzene rings is 3. The lowest BCUT2D eigenvalue weighted by molar-refractivity contribution is -0.116. The molecule has 3 aromatic carbocycles. The van der Waals surface area contributed by atoms with Crippen LogP contribution < -0.4 is 15.4 Å². The summed E-state index contributed by atoms with van der Waals surface area (Å²) in [6.07, 6.45) is 5.53. The molecule has 0 aliphatic heterocycles. The van der Waals surface area contributed by atoms with Gasteiger partial charge in [0.15, 0.2) is 5.82 Å². The Morgan fingerprint density at radius 1 is 0.891 bits per heavy atom. The molecule has 0 radical (unpaired) electrons. The predicted octanol–water partition coefficient (Wildman–Crippen LogP) is 8.18. The molecule has 12 nitrogen and oxygen atoms in total. The standard InChI is InChI=1S/C39H36Cl2N6O6S2/c40-31-11-6-12-32(41)38(31)54-26-30-15-17-34(53-23-20-27-8-2-1-3-9-27)33(46-30)16-19-37(48)42-21-7-22-43-39(49)29-14-18-36(44-24-29)47-45-25-28-10-4-5-13-35(28)55(50,51)52/h1-6,8-19,24H,7,20-23,25-26H2,(H,42,48)(H,43,49)(H,50,51,52). The lowest BCUT2D eigenvalue weighted by Gasteiger charge is -2.11. The fraction of sp³-hybridized carbons (Fsp3) is 0.179. The molecule has 0 aliphatic rings. The summed E-state index contributed by atoms with van der Waals surface area (Å²) in [6.45, 7) is 0.941. The van der Waals surface area contributed by atoms with Crippen molar-refractivity contribution in [3.8, 4) is 5.75 Å². The van der Waals surface area contributed by atoms with E-state index in [2.05, 4.69) is 25.8 Å². The first-order chi connectivity index (χ1) is 26.6. The first-order valence-electron chi connectivity index (χ1n) is 16.9. The lowest BCUT2D eigenvalue weighted by Crippen LogP contribution is -2.29. The van der Waals surface area contributed by atoms with Gasteiger partial charge < -0.3 is 15.4 Å². The molecule has 2 amide bonds. The molecule has 2 aromatic heterocycles. The highest BCUT2D eigenvalue weighted by Gasteiger charge is 2.14. The second-order valence-electron chi connectivity index (χ2n) is 11.7. The van der Waals surface area contributed by atoms with Crippen LogP contribution in [0.3, 0.4) is 0 Å². The molecule has 0 saturated carbocycles. The van der Waals surface area contributed by atoms with Crippen molar-refractivity contribution in [3.05, 3.63) is 147 Å². The van der Waals surface area contributed by atoms with Gasteiger partial charge in [0.1, 0.15) is 11.4 Å². The van der Waals surface area contributed by atoms with Crippen molar-refractivity contribution in [3.63, 3.8) is 0 Å². The molecular formula is C39H36Cl2N6O6S2. The summed E-state index contributed by atoms with van der Waals surface area (Å²) in [6, 6.07) is 28.0. The molecule has 55 heavy (non-hydrogen) atoms. The van der Waals surface area contributed by atoms with Crippen LogP contribution in [0.15, 0.2) is 129 Å². The van der Waals surface area contributed by atoms with E-state index in [1.807, 2.05) is 42.5 Å². The number of thioether (sulfide) groups is 1. The predicted molar refractivity (Wildman–Crippen MR) is 214 cm³/mol. The molecule has 0 aliphatic carbocycles. The Kier molecular flexibility index (Phi) is 15.3. The number of nitrogens with one attached hydrogen (secondary N) is 2. The maximum Gasteiger partial charge on any atom is 0.294 e. The topological polar surface area (TPSA) is 172 Å². The van der Waals surface area contributed by atoms with Gasteiger partial charge in [-0.05, 0) is 66.1 Å². The maximum atomic E-state index is 12.7. The molecule has 5 aromatic rings. The van der Waals surface area contributed by atoms with Crippen LogP contribution in [0.25, 0.3) is 6.08 Å². The normalized spacial score (nSPS) is 11.5. The van der Waals surface area contributed by atoms with Gasteiger partial charge in [0.2, 0.25) is 5.91 Å². The van der Waals surface area contributed by atoms with E-state index in [1.165, 1.54) is 54.4 Å². The van der Waals surface area contributed by atoms with E-state index in [9.17, 15) is 22.6 Å². The van der Waals surface area contributed by atoms with E-state index >= 15 is 0 Å². The van der Waals surface area contributed by atoms with Crippen molar-refractivity contribution in [2.24, 2.45) is 10.2 Å². The van der Waals surface area contributed by atoms with Crippen LogP contribution >= 0.6 is 35.0 Å². The third-order valence-corrected chi connectivity index (χ3v) is 10.7. The highest BCUT2D eigenvalue weighted by molar-refractivity contribution is 7.98. The average Bonchev–Trinajstić information content (AvgIpc) is 3.17. The number of amides is 2. The SMILES string of the molecule is O=C(C=Cc1nc(CSc2c(Cl)cccc2Cl)ccc1OCCc1ccccc1)NCCCNC(=O)c1ccc(N=NCc2ccccc2S(=O)(=O)O)nc1. The monoisotopic (exact) mass is 818 g/mol. The lowest BCUT2D eigenvalue weighted by atomic mass is 10.2. The minimum absolute atomic E-state index is 0.0957. The van der Waals surface area contributed by atoms with E-state index in [0.717, 1.165) is 16.2 Å². The molecule has 0 spiro atoms. The molecule has 0 unspecified atom stereocenters. The van der Waals surface area contributed by atoms with Crippen LogP contribution in [0, 0.1) is 0 Å². The van der Waals surface area contributed by atoms with E-state index in [1.54, 1.807) is 30.3 Å². The number of hydrogen-bond acceptors (Lipinski definition) is 10. The van der Waals surface area contributed by atoms with Crippen LogP contribution in [0.4, 0.5) is 5.82 Å². The van der Waals surface area contributed by atoms with Crippen LogP contribution in [-0.4, -0.2) is 54.4 Å². The van der Waals surface area contributed by atoms with Gasteiger partial charge in [-0.3, -0.25) is 14.1 Å². The summed E-state index contributed by atoms with van der Waals surface area (Å²) in [5, 5.41) is 14.6. The summed E-state index contributed by atoms with van der Waals surface area (Å²) in [7, 11) is -4.39. The Morgan fingerprint density at radius 2 is 1.64 bits per heavy atom. The number of rotatable bonds is 18. The minimum atomic E-state index is -4.39. The average molecular weight is 820 g/mol. The zero-order valence-corrected chi connectivity index (χ0v) is 32.4. The highest BCUT2D eigenvalue weighted by atomic mass is 35.5. The zero-order chi connectivity index (χ0) is 39.0. The third kappa shape index (κ3) is 13.0. The first-order valence-corrected chi connectivity index (χ1v) is 20.1. The van der Waals surface area contributed by atoms with Crippen molar-refractivity contribution < 1.29 is 27.3 Å². The number of hydrogen-bond donors (Lipinski definition) is 3. The molecule has 0 bridgehead atoms. The van der Waals surface area contributed by atoms with Gasteiger partial charge in [-0.2, -0.15) is 13.5 Å². The Balaban J connectivity index is 1.09. The summed E-state index contributed by atoms with van der Waals surface area (Å²) in [4.78, 5) is 34.7. The molecule has 0 saturated heterocycles. The second kappa shape index (κ2) is 20.5. The van der Waals surface area contributed by atoms with Crippen molar-refractivity contribution in [2.75, 3.05) is 19.7 Å². The smallest absolute Gasteiger partial charge is 0.294 e. The molecule has 2 heterocycles. The Hall–Kier alpha value is -5.12. The first kappa shape index (κ1) is 41.1. The number of nitrogens with zero attached hydrogens (tertiary/aromatic N) is 4. The summed E-state index contributed by atoms with van der Waals surface area (Å²) >= 11 is 14.2. The molecule has 284 valence electrons. The second-order valence-corrected chi connectivity index (χ2v) is 14.9. The number of carbonyl (C=O) groups excluding carboxylic acids is 2. The zero-order valence-electron chi connectivity index (χ0n) is 29.3. The number of pyridine rings is 2. The van der Waals surface area contributed by atoms with Crippen LogP contribution in [-0.2, 0) is 33.6 Å². The van der Waals surface area contributed by atoms with E-state index in [0.29, 0.717) is 65.3 Å². The van der Waals surface area contributed by atoms with Crippen molar-refractivity contribution in [1.29, 1.82) is 0 Å². The summed E-state index contributed by atoms with van der Waals surface area (Å²) in [5.41, 5.74) is 2.97. The molecular weight excluding hydrogens is 784 g/mol. The van der Waals surface area contributed by atoms with Crippen LogP contribution in [0.2, 0.25) is 10.0 Å². The number of carbonyl (C=O) groups is 2. The summed E-state index contributed by atoms with van der Waals surface area (Å²) < 4.78 is 38.6. The molecule has 16 heteroatoms. The van der Waals surface area contributed by atoms with E-state index < -0.39 is 10.1 Å². The number of aromatic nitrogens is 2. The van der Waals surface area contributed by atoms with Gasteiger partial charge in [0.25, 0.3) is 16.0 Å². The van der Waals surface area contributed by atoms with Gasteiger partial charge in [0.05, 0.1) is 39.3 Å². The van der Waals surface area contributed by atoms with Crippen molar-refractivity contribution in [2.45, 2.75) is 34.9 Å². The van der Waals surface area contributed by atoms with Crippen molar-refractivity contribution >= 4 is 68.8 Å². The molecule has 5 rings (SSSR count). The summed E-state index contributed by atoms with van der Waals surface area (Å²) in [5.74, 6) is 0.561. The number of azo groups is 1. The number of halogens is 2. The fourth-order valence-electron chi connectivity index (χ4n) is 4.98. The largest absolute Gasteiger partial charge is 0.491 e. The quantitative estimate of drug-likeness (QED) is 0.0259. The van der Waals surface area contributed by atoms with Crippen molar-refractivity contribution in [1.82, 2.24) is 20.6 Å². The van der Waals surface area contributed by atoms with Crippen LogP contribution in [0.1, 0.15) is 39.3 Å². The molecule has 0 atom stereocenters. The van der Waals surface area contributed by atoms with E-state index in [4.69, 9.17) is 32.9 Å². The third-order valence-electron chi connectivity index (χ3n) is 7.72. The van der Waals surface area contributed by atoms with Gasteiger partial charge in [-0.15, -0.1) is 16.9 Å². The van der Waals surface area contributed by atoms with Gasteiger partial charge >= 0.3 is 0 Å². The van der Waals surface area contributed by atoms with E-state index in [-0.39, 0.29) is 34.6 Å². The Bertz CT molecular complexity index is 2240. The van der Waals surface area contributed by atoms with Gasteiger partial charge in [-0.25, -0.2) is 9.97 Å².